The highest BCUT2D eigenvalue weighted by atomic mass is 16.5. The van der Waals surface area contributed by atoms with Gasteiger partial charge in [0.15, 0.2) is 11.6 Å². The molecule has 0 bridgehead atoms. The summed E-state index contributed by atoms with van der Waals surface area (Å²) in [7, 11) is 0. The minimum Gasteiger partial charge on any atom is -0.472 e. The SMILES string of the molecule is CCN1CCN(CCNC(=O)CN2C(=O)C(c3ccccc3)Oc3cccnc32)CC1. The molecule has 164 valence electrons. The number of hydrogen-bond donors (Lipinski definition) is 1. The molecule has 0 aliphatic carbocycles. The summed E-state index contributed by atoms with van der Waals surface area (Å²) in [5.74, 6) is 0.386. The summed E-state index contributed by atoms with van der Waals surface area (Å²) in [6.45, 7) is 8.70. The summed E-state index contributed by atoms with van der Waals surface area (Å²) >= 11 is 0. The molecule has 1 N–H and O–H groups in total. The second-order valence-electron chi connectivity index (χ2n) is 7.78. The number of aromatic nitrogens is 1. The van der Waals surface area contributed by atoms with E-state index >= 15 is 0 Å². The van der Waals surface area contributed by atoms with Crippen LogP contribution in [0.5, 0.6) is 5.75 Å². The standard InChI is InChI=1S/C23H29N5O3/c1-2-26-13-15-27(16-14-26)12-11-24-20(29)17-28-22-19(9-6-10-25-22)31-21(23(28)30)18-7-4-3-5-8-18/h3-10,21H,2,11-17H2,1H3,(H,24,29). The predicted octanol–water partition coefficient (Wildman–Crippen LogP) is 1.30. The van der Waals surface area contributed by atoms with Crippen LogP contribution in [-0.4, -0.2) is 79.0 Å². The van der Waals surface area contributed by atoms with E-state index in [2.05, 4.69) is 27.0 Å². The average Bonchev–Trinajstić information content (AvgIpc) is 2.82. The number of benzene rings is 1. The molecule has 2 amide bonds. The molecule has 4 rings (SSSR count). The summed E-state index contributed by atoms with van der Waals surface area (Å²) in [4.78, 5) is 36.3. The van der Waals surface area contributed by atoms with Crippen LogP contribution in [0.15, 0.2) is 48.7 Å². The van der Waals surface area contributed by atoms with Gasteiger partial charge in [0, 0.05) is 51.0 Å². The van der Waals surface area contributed by atoms with E-state index in [4.69, 9.17) is 4.74 Å². The van der Waals surface area contributed by atoms with Gasteiger partial charge in [-0.05, 0) is 18.7 Å². The fraction of sp³-hybridized carbons (Fsp3) is 0.435. The molecule has 1 aromatic heterocycles. The van der Waals surface area contributed by atoms with E-state index in [9.17, 15) is 9.59 Å². The largest absolute Gasteiger partial charge is 0.472 e. The van der Waals surface area contributed by atoms with Crippen molar-refractivity contribution in [2.24, 2.45) is 0 Å². The third kappa shape index (κ3) is 5.03. The van der Waals surface area contributed by atoms with E-state index < -0.39 is 6.10 Å². The Labute approximate surface area is 182 Å². The number of carbonyl (C=O) groups is 2. The molecular weight excluding hydrogens is 394 g/mol. The number of amides is 2. The first-order valence-electron chi connectivity index (χ1n) is 10.8. The van der Waals surface area contributed by atoms with Gasteiger partial charge in [0.2, 0.25) is 12.0 Å². The lowest BCUT2D eigenvalue weighted by Crippen LogP contribution is -2.50. The van der Waals surface area contributed by atoms with E-state index in [1.807, 2.05) is 30.3 Å². The first-order chi connectivity index (χ1) is 15.2. The first kappa shape index (κ1) is 21.3. The Morgan fingerprint density at radius 3 is 2.58 bits per heavy atom. The molecule has 1 saturated heterocycles. The van der Waals surface area contributed by atoms with Crippen LogP contribution in [-0.2, 0) is 9.59 Å². The molecule has 1 fully saturated rings. The van der Waals surface area contributed by atoms with Crippen molar-refractivity contribution >= 4 is 17.6 Å². The zero-order valence-corrected chi connectivity index (χ0v) is 17.9. The van der Waals surface area contributed by atoms with Crippen LogP contribution < -0.4 is 15.0 Å². The van der Waals surface area contributed by atoms with Gasteiger partial charge in [0.1, 0.15) is 6.54 Å². The van der Waals surface area contributed by atoms with E-state index in [0.29, 0.717) is 18.1 Å². The molecule has 1 aromatic carbocycles. The maximum atomic E-state index is 13.2. The van der Waals surface area contributed by atoms with E-state index in [1.54, 1.807) is 18.3 Å². The van der Waals surface area contributed by atoms with Gasteiger partial charge in [-0.15, -0.1) is 0 Å². The Balaban J connectivity index is 1.37. The Kier molecular flexibility index (Phi) is 6.79. The number of hydrogen-bond acceptors (Lipinski definition) is 6. The molecule has 3 heterocycles. The van der Waals surface area contributed by atoms with Gasteiger partial charge in [-0.2, -0.15) is 0 Å². The molecule has 8 nitrogen and oxygen atoms in total. The maximum absolute atomic E-state index is 13.2. The van der Waals surface area contributed by atoms with Crippen molar-refractivity contribution in [3.63, 3.8) is 0 Å². The van der Waals surface area contributed by atoms with Crippen molar-refractivity contribution in [1.29, 1.82) is 0 Å². The fourth-order valence-electron chi connectivity index (χ4n) is 3.97. The molecule has 0 saturated carbocycles. The van der Waals surface area contributed by atoms with Crippen LogP contribution >= 0.6 is 0 Å². The highest BCUT2D eigenvalue weighted by Gasteiger charge is 2.37. The van der Waals surface area contributed by atoms with Gasteiger partial charge in [0.25, 0.3) is 5.91 Å². The normalized spacial score (nSPS) is 19.6. The molecule has 1 unspecified atom stereocenters. The molecule has 0 spiro atoms. The van der Waals surface area contributed by atoms with Crippen molar-refractivity contribution in [2.75, 3.05) is 57.3 Å². The molecule has 2 aromatic rings. The number of fused-ring (bicyclic) bond motifs is 1. The summed E-state index contributed by atoms with van der Waals surface area (Å²) in [6, 6.07) is 12.8. The topological polar surface area (TPSA) is 78.0 Å². The second kappa shape index (κ2) is 9.89. The molecule has 31 heavy (non-hydrogen) atoms. The van der Waals surface area contributed by atoms with Crippen molar-refractivity contribution in [2.45, 2.75) is 13.0 Å². The number of anilines is 1. The number of rotatable bonds is 7. The summed E-state index contributed by atoms with van der Waals surface area (Å²) in [5.41, 5.74) is 0.749. The Hall–Kier alpha value is -2.97. The second-order valence-corrected chi connectivity index (χ2v) is 7.78. The number of piperazine rings is 1. The van der Waals surface area contributed by atoms with E-state index in [-0.39, 0.29) is 18.4 Å². The monoisotopic (exact) mass is 423 g/mol. The predicted molar refractivity (Wildman–Crippen MR) is 118 cm³/mol. The lowest BCUT2D eigenvalue weighted by atomic mass is 10.1. The molecule has 2 aliphatic rings. The number of ether oxygens (including phenoxy) is 1. The van der Waals surface area contributed by atoms with Crippen LogP contribution in [0.2, 0.25) is 0 Å². The number of carbonyl (C=O) groups excluding carboxylic acids is 2. The maximum Gasteiger partial charge on any atom is 0.274 e. The van der Waals surface area contributed by atoms with Crippen LogP contribution in [0, 0.1) is 0 Å². The zero-order chi connectivity index (χ0) is 21.6. The van der Waals surface area contributed by atoms with Gasteiger partial charge in [-0.3, -0.25) is 19.4 Å². The first-order valence-corrected chi connectivity index (χ1v) is 10.8. The Morgan fingerprint density at radius 2 is 1.84 bits per heavy atom. The van der Waals surface area contributed by atoms with Crippen molar-refractivity contribution < 1.29 is 14.3 Å². The Morgan fingerprint density at radius 1 is 1.10 bits per heavy atom. The minimum absolute atomic E-state index is 0.0842. The number of likely N-dealkylation sites (N-methyl/N-ethyl adjacent to an activating group) is 1. The van der Waals surface area contributed by atoms with Crippen LogP contribution in [0.3, 0.4) is 0 Å². The summed E-state index contributed by atoms with van der Waals surface area (Å²) in [6.07, 6.45) is 0.805. The van der Waals surface area contributed by atoms with Crippen molar-refractivity contribution in [3.05, 3.63) is 54.2 Å². The van der Waals surface area contributed by atoms with Gasteiger partial charge >= 0.3 is 0 Å². The Bertz CT molecular complexity index is 899. The van der Waals surface area contributed by atoms with Crippen molar-refractivity contribution in [3.8, 4) is 5.75 Å². The lowest BCUT2D eigenvalue weighted by molar-refractivity contribution is -0.129. The summed E-state index contributed by atoms with van der Waals surface area (Å²) < 4.78 is 5.92. The number of nitrogens with one attached hydrogen (secondary N) is 1. The summed E-state index contributed by atoms with van der Waals surface area (Å²) in [5, 5.41) is 2.95. The third-order valence-electron chi connectivity index (χ3n) is 5.81. The van der Waals surface area contributed by atoms with E-state index in [1.165, 1.54) is 4.90 Å². The average molecular weight is 424 g/mol. The molecule has 0 radical (unpaired) electrons. The van der Waals surface area contributed by atoms with Gasteiger partial charge in [0.05, 0.1) is 0 Å². The third-order valence-corrected chi connectivity index (χ3v) is 5.81. The van der Waals surface area contributed by atoms with Crippen LogP contribution in [0.4, 0.5) is 5.82 Å². The van der Waals surface area contributed by atoms with Gasteiger partial charge in [-0.25, -0.2) is 4.98 Å². The smallest absolute Gasteiger partial charge is 0.274 e. The number of pyridine rings is 1. The van der Waals surface area contributed by atoms with Crippen molar-refractivity contribution in [1.82, 2.24) is 20.1 Å². The molecule has 2 aliphatic heterocycles. The number of nitrogens with zero attached hydrogens (tertiary/aromatic N) is 4. The quantitative estimate of drug-likeness (QED) is 0.724. The van der Waals surface area contributed by atoms with Crippen LogP contribution in [0.1, 0.15) is 18.6 Å². The molecule has 1 atom stereocenters. The highest BCUT2D eigenvalue weighted by molar-refractivity contribution is 6.03. The van der Waals surface area contributed by atoms with E-state index in [0.717, 1.165) is 44.8 Å². The van der Waals surface area contributed by atoms with Gasteiger partial charge in [-0.1, -0.05) is 37.3 Å². The van der Waals surface area contributed by atoms with Gasteiger partial charge < -0.3 is 15.0 Å². The van der Waals surface area contributed by atoms with Crippen LogP contribution in [0.25, 0.3) is 0 Å². The molecule has 8 heteroatoms. The lowest BCUT2D eigenvalue weighted by Gasteiger charge is -2.34. The fourth-order valence-corrected chi connectivity index (χ4v) is 3.97. The zero-order valence-electron chi connectivity index (χ0n) is 17.9. The molecular formula is C23H29N5O3. The highest BCUT2D eigenvalue weighted by Crippen LogP contribution is 2.36. The minimum atomic E-state index is -0.791.